The second kappa shape index (κ2) is 6.77. The van der Waals surface area contributed by atoms with E-state index < -0.39 is 5.82 Å². The van der Waals surface area contributed by atoms with Crippen molar-refractivity contribution in [3.05, 3.63) is 58.5 Å². The van der Waals surface area contributed by atoms with E-state index in [0.717, 1.165) is 48.0 Å². The number of hydrogen-bond donors (Lipinski definition) is 1. The van der Waals surface area contributed by atoms with E-state index in [2.05, 4.69) is 15.4 Å². The fourth-order valence-corrected chi connectivity index (χ4v) is 4.32. The van der Waals surface area contributed by atoms with Crippen molar-refractivity contribution in [2.75, 3.05) is 13.1 Å². The summed E-state index contributed by atoms with van der Waals surface area (Å²) in [4.78, 5) is 17.4. The molecule has 1 fully saturated rings. The SMILES string of the molecule is Cc1cc(-c2cc(F)c3c(=O)n(C4CCNCC4)cnc3c2)cc2cn(C)nc12. The number of piperidine rings is 1. The summed E-state index contributed by atoms with van der Waals surface area (Å²) in [6.45, 7) is 3.70. The van der Waals surface area contributed by atoms with E-state index in [9.17, 15) is 4.79 Å². The fourth-order valence-electron chi connectivity index (χ4n) is 4.32. The lowest BCUT2D eigenvalue weighted by Crippen LogP contribution is -2.34. The molecule has 1 aliphatic heterocycles. The van der Waals surface area contributed by atoms with Crippen molar-refractivity contribution in [2.45, 2.75) is 25.8 Å². The molecule has 3 heterocycles. The van der Waals surface area contributed by atoms with Gasteiger partial charge < -0.3 is 5.32 Å². The highest BCUT2D eigenvalue weighted by molar-refractivity contribution is 5.90. The summed E-state index contributed by atoms with van der Waals surface area (Å²) in [5.74, 6) is -0.526. The summed E-state index contributed by atoms with van der Waals surface area (Å²) >= 11 is 0. The number of benzene rings is 2. The molecule has 4 aromatic rings. The molecule has 0 amide bonds. The first-order chi connectivity index (χ1) is 14.0. The van der Waals surface area contributed by atoms with Crippen LogP contribution in [0.3, 0.4) is 0 Å². The molecular weight excluding hydrogens is 369 g/mol. The highest BCUT2D eigenvalue weighted by Crippen LogP contribution is 2.29. The largest absolute Gasteiger partial charge is 0.317 e. The van der Waals surface area contributed by atoms with E-state index in [4.69, 9.17) is 0 Å². The number of rotatable bonds is 2. The molecule has 7 heteroatoms. The van der Waals surface area contributed by atoms with Gasteiger partial charge in [0.1, 0.15) is 11.2 Å². The highest BCUT2D eigenvalue weighted by atomic mass is 19.1. The van der Waals surface area contributed by atoms with Crippen molar-refractivity contribution in [3.8, 4) is 11.1 Å². The van der Waals surface area contributed by atoms with E-state index in [1.54, 1.807) is 21.6 Å². The maximum Gasteiger partial charge on any atom is 0.264 e. The molecule has 6 nitrogen and oxygen atoms in total. The van der Waals surface area contributed by atoms with Gasteiger partial charge >= 0.3 is 0 Å². The normalized spacial score (nSPS) is 15.4. The Kier molecular flexibility index (Phi) is 4.20. The van der Waals surface area contributed by atoms with Gasteiger partial charge in [-0.05, 0) is 73.8 Å². The predicted octanol–water partition coefficient (Wildman–Crippen LogP) is 3.32. The van der Waals surface area contributed by atoms with Crippen LogP contribution in [0, 0.1) is 12.7 Å². The minimum atomic E-state index is -0.526. The number of aromatic nitrogens is 4. The molecular formula is C22H22FN5O. The second-order valence-corrected chi connectivity index (χ2v) is 7.82. The third kappa shape index (κ3) is 3.02. The van der Waals surface area contributed by atoms with Gasteiger partial charge in [0, 0.05) is 24.7 Å². The van der Waals surface area contributed by atoms with Crippen LogP contribution < -0.4 is 10.9 Å². The van der Waals surface area contributed by atoms with Gasteiger partial charge in [0.25, 0.3) is 5.56 Å². The standard InChI is InChI=1S/C22H22FN5O/c1-13-7-14(8-16-11-27(2)26-21(13)16)15-9-18(23)20-19(10-15)25-12-28(22(20)29)17-3-5-24-6-4-17/h7-12,17,24H,3-6H2,1-2H3. The van der Waals surface area contributed by atoms with Gasteiger partial charge in [-0.2, -0.15) is 5.10 Å². The lowest BCUT2D eigenvalue weighted by Gasteiger charge is -2.24. The van der Waals surface area contributed by atoms with Gasteiger partial charge in [-0.15, -0.1) is 0 Å². The van der Waals surface area contributed by atoms with Crippen LogP contribution in [0.1, 0.15) is 24.4 Å². The van der Waals surface area contributed by atoms with E-state index in [1.165, 1.54) is 6.07 Å². The van der Waals surface area contributed by atoms with Crippen molar-refractivity contribution in [2.24, 2.45) is 7.05 Å². The van der Waals surface area contributed by atoms with E-state index in [1.807, 2.05) is 32.3 Å². The summed E-state index contributed by atoms with van der Waals surface area (Å²) < 4.78 is 18.4. The minimum absolute atomic E-state index is 0.0639. The quantitative estimate of drug-likeness (QED) is 0.569. The molecule has 0 atom stereocenters. The first-order valence-corrected chi connectivity index (χ1v) is 9.87. The lowest BCUT2D eigenvalue weighted by molar-refractivity contribution is 0.359. The summed E-state index contributed by atoms with van der Waals surface area (Å²) in [6, 6.07) is 7.28. The Morgan fingerprint density at radius 2 is 1.90 bits per heavy atom. The molecule has 2 aromatic carbocycles. The topological polar surface area (TPSA) is 64.7 Å². The Labute approximate surface area is 167 Å². The Balaban J connectivity index is 1.64. The van der Waals surface area contributed by atoms with Gasteiger partial charge in [-0.25, -0.2) is 9.37 Å². The molecule has 0 saturated carbocycles. The molecule has 0 aliphatic carbocycles. The number of nitrogens with zero attached hydrogens (tertiary/aromatic N) is 4. The number of aryl methyl sites for hydroxylation is 2. The summed E-state index contributed by atoms with van der Waals surface area (Å²) in [7, 11) is 1.88. The maximum absolute atomic E-state index is 15.1. The summed E-state index contributed by atoms with van der Waals surface area (Å²) in [5, 5.41) is 8.80. The number of halogens is 1. The number of fused-ring (bicyclic) bond motifs is 2. The van der Waals surface area contributed by atoms with Crippen LogP contribution >= 0.6 is 0 Å². The van der Waals surface area contributed by atoms with Gasteiger partial charge in [0.05, 0.1) is 17.4 Å². The van der Waals surface area contributed by atoms with Gasteiger partial charge in [-0.3, -0.25) is 14.0 Å². The molecule has 1 aliphatic rings. The molecule has 0 bridgehead atoms. The average Bonchev–Trinajstić information content (AvgIpc) is 3.09. The summed E-state index contributed by atoms with van der Waals surface area (Å²) in [5.41, 5.74) is 3.63. The Morgan fingerprint density at radius 1 is 1.14 bits per heavy atom. The van der Waals surface area contributed by atoms with E-state index in [-0.39, 0.29) is 17.0 Å². The first-order valence-electron chi connectivity index (χ1n) is 9.87. The number of nitrogens with one attached hydrogen (secondary N) is 1. The van der Waals surface area contributed by atoms with Crippen molar-refractivity contribution >= 4 is 21.8 Å². The second-order valence-electron chi connectivity index (χ2n) is 7.82. The zero-order valence-electron chi connectivity index (χ0n) is 16.4. The van der Waals surface area contributed by atoms with Gasteiger partial charge in [-0.1, -0.05) is 0 Å². The maximum atomic E-state index is 15.1. The van der Waals surface area contributed by atoms with Gasteiger partial charge in [0.15, 0.2) is 0 Å². The lowest BCUT2D eigenvalue weighted by atomic mass is 9.99. The monoisotopic (exact) mass is 391 g/mol. The fraction of sp³-hybridized carbons (Fsp3) is 0.318. The average molecular weight is 391 g/mol. The smallest absolute Gasteiger partial charge is 0.264 e. The molecule has 0 spiro atoms. The van der Waals surface area contributed by atoms with Crippen LogP contribution in [0.2, 0.25) is 0 Å². The first kappa shape index (κ1) is 18.0. The zero-order chi connectivity index (χ0) is 20.1. The summed E-state index contributed by atoms with van der Waals surface area (Å²) in [6.07, 6.45) is 5.20. The van der Waals surface area contributed by atoms with Crippen molar-refractivity contribution in [1.82, 2.24) is 24.6 Å². The molecule has 0 radical (unpaired) electrons. The Hall–Kier alpha value is -3.06. The Morgan fingerprint density at radius 3 is 2.69 bits per heavy atom. The Bertz CT molecular complexity index is 1300. The van der Waals surface area contributed by atoms with Crippen LogP contribution in [0.15, 0.2) is 41.6 Å². The van der Waals surface area contributed by atoms with E-state index >= 15 is 4.39 Å². The van der Waals surface area contributed by atoms with Crippen LogP contribution in [0.25, 0.3) is 32.9 Å². The third-order valence-electron chi connectivity index (χ3n) is 5.79. The molecule has 148 valence electrons. The van der Waals surface area contributed by atoms with Crippen LogP contribution in [0.4, 0.5) is 4.39 Å². The van der Waals surface area contributed by atoms with Crippen molar-refractivity contribution in [3.63, 3.8) is 0 Å². The molecule has 29 heavy (non-hydrogen) atoms. The number of hydrogen-bond acceptors (Lipinski definition) is 4. The van der Waals surface area contributed by atoms with Crippen molar-refractivity contribution < 1.29 is 4.39 Å². The van der Waals surface area contributed by atoms with E-state index in [0.29, 0.717) is 11.1 Å². The molecule has 0 unspecified atom stereocenters. The third-order valence-corrected chi connectivity index (χ3v) is 5.79. The van der Waals surface area contributed by atoms with Gasteiger partial charge in [0.2, 0.25) is 0 Å². The van der Waals surface area contributed by atoms with Crippen LogP contribution in [0.5, 0.6) is 0 Å². The predicted molar refractivity (Wildman–Crippen MR) is 112 cm³/mol. The molecule has 5 rings (SSSR count). The minimum Gasteiger partial charge on any atom is -0.317 e. The van der Waals surface area contributed by atoms with Crippen molar-refractivity contribution in [1.29, 1.82) is 0 Å². The van der Waals surface area contributed by atoms with Crippen LogP contribution in [-0.2, 0) is 7.05 Å². The highest BCUT2D eigenvalue weighted by Gasteiger charge is 2.19. The molecule has 1 N–H and O–H groups in total. The molecule has 1 saturated heterocycles. The van der Waals surface area contributed by atoms with Crippen LogP contribution in [-0.4, -0.2) is 32.4 Å². The molecule has 2 aromatic heterocycles. The zero-order valence-corrected chi connectivity index (χ0v) is 16.4.